The number of benzene rings is 1. The van der Waals surface area contributed by atoms with Crippen molar-refractivity contribution in [2.75, 3.05) is 26.8 Å². The molecule has 1 aliphatic carbocycles. The Morgan fingerprint density at radius 2 is 2.03 bits per heavy atom. The number of likely N-dealkylation sites (tertiary alicyclic amines) is 1. The number of hydrogen-bond donors (Lipinski definition) is 4. The van der Waals surface area contributed by atoms with Crippen molar-refractivity contribution >= 4 is 22.8 Å². The number of carbonyl (C=O) groups excluding carboxylic acids is 2. The van der Waals surface area contributed by atoms with Crippen LogP contribution >= 0.6 is 0 Å². The molecule has 3 aromatic rings. The van der Waals surface area contributed by atoms with Gasteiger partial charge in [-0.2, -0.15) is 0 Å². The molecule has 11 heteroatoms. The molecule has 4 N–H and O–H groups in total. The van der Waals surface area contributed by atoms with Crippen LogP contribution < -0.4 is 14.8 Å². The number of amides is 2. The molecule has 10 nitrogen and oxygen atoms in total. The fourth-order valence-corrected chi connectivity index (χ4v) is 4.83. The van der Waals surface area contributed by atoms with E-state index in [4.69, 9.17) is 9.47 Å². The Morgan fingerprint density at radius 1 is 1.26 bits per heavy atom. The second-order valence-corrected chi connectivity index (χ2v) is 10.0. The van der Waals surface area contributed by atoms with Gasteiger partial charge in [-0.25, -0.2) is 4.39 Å². The molecule has 0 bridgehead atoms. The summed E-state index contributed by atoms with van der Waals surface area (Å²) in [4.78, 5) is 34.5. The first-order valence-corrected chi connectivity index (χ1v) is 12.6. The van der Waals surface area contributed by atoms with E-state index in [0.717, 1.165) is 12.8 Å². The number of β-amino-alcohol motifs (C(OH)–C–C–N with tert-alkyl or cyclic N) is 1. The largest absolute Gasteiger partial charge is 0.494 e. The minimum Gasteiger partial charge on any atom is -0.494 e. The smallest absolute Gasteiger partial charge is 0.255 e. The minimum atomic E-state index is -1.20. The summed E-state index contributed by atoms with van der Waals surface area (Å²) in [5.74, 6) is -0.602. The number of aliphatic hydroxyl groups excluding tert-OH is 2. The molecule has 38 heavy (non-hydrogen) atoms. The van der Waals surface area contributed by atoms with Gasteiger partial charge < -0.3 is 34.9 Å². The van der Waals surface area contributed by atoms with Crippen LogP contribution in [0.4, 0.5) is 4.39 Å². The maximum atomic E-state index is 14.6. The highest BCUT2D eigenvalue weighted by Gasteiger charge is 2.37. The van der Waals surface area contributed by atoms with Gasteiger partial charge in [0.2, 0.25) is 0 Å². The summed E-state index contributed by atoms with van der Waals surface area (Å²) in [6.45, 7) is 3.68. The zero-order valence-corrected chi connectivity index (χ0v) is 21.5. The SMILES string of the molecule is COc1cc(-c2ccnc3c(C(=O)N[C@@H]4CN(C(=O)[C@H](C)O)C[C@H]4O)c(C)[nH]c23)c(OCC2CC2)cc1F. The van der Waals surface area contributed by atoms with Crippen molar-refractivity contribution in [3.05, 3.63) is 41.5 Å². The monoisotopic (exact) mass is 526 g/mol. The molecule has 3 atom stereocenters. The summed E-state index contributed by atoms with van der Waals surface area (Å²) in [6.07, 6.45) is 1.56. The fourth-order valence-electron chi connectivity index (χ4n) is 4.83. The van der Waals surface area contributed by atoms with Gasteiger partial charge in [0.15, 0.2) is 11.6 Å². The maximum absolute atomic E-state index is 14.6. The van der Waals surface area contributed by atoms with Gasteiger partial charge in [-0.1, -0.05) is 0 Å². The first-order valence-electron chi connectivity index (χ1n) is 12.6. The van der Waals surface area contributed by atoms with Crippen LogP contribution in [0.1, 0.15) is 35.8 Å². The molecule has 5 rings (SSSR count). The van der Waals surface area contributed by atoms with E-state index in [1.54, 1.807) is 25.3 Å². The lowest BCUT2D eigenvalue weighted by atomic mass is 10.0. The third-order valence-electron chi connectivity index (χ3n) is 7.09. The lowest BCUT2D eigenvalue weighted by molar-refractivity contribution is -0.138. The number of pyridine rings is 1. The Labute approximate surface area is 218 Å². The zero-order chi connectivity index (χ0) is 27.1. The molecule has 2 aromatic heterocycles. The van der Waals surface area contributed by atoms with Crippen LogP contribution in [-0.4, -0.2) is 82.0 Å². The van der Waals surface area contributed by atoms with E-state index >= 15 is 0 Å². The summed E-state index contributed by atoms with van der Waals surface area (Å²) in [5, 5.41) is 22.8. The number of methoxy groups -OCH3 is 1. The number of aromatic nitrogens is 2. The molecule has 1 saturated heterocycles. The topological polar surface area (TPSA) is 137 Å². The Bertz CT molecular complexity index is 1390. The van der Waals surface area contributed by atoms with Gasteiger partial charge in [0.1, 0.15) is 17.4 Å². The van der Waals surface area contributed by atoms with Crippen molar-refractivity contribution in [2.24, 2.45) is 5.92 Å². The highest BCUT2D eigenvalue weighted by molar-refractivity contribution is 6.10. The molecule has 3 heterocycles. The predicted octanol–water partition coefficient (Wildman–Crippen LogP) is 2.16. The highest BCUT2D eigenvalue weighted by Crippen LogP contribution is 2.40. The maximum Gasteiger partial charge on any atom is 0.255 e. The molecule has 0 unspecified atom stereocenters. The molecule has 2 amide bonds. The molecular formula is C27H31FN4O6. The van der Waals surface area contributed by atoms with E-state index < -0.39 is 35.9 Å². The lowest BCUT2D eigenvalue weighted by Gasteiger charge is -2.18. The van der Waals surface area contributed by atoms with Crippen LogP contribution in [0, 0.1) is 18.7 Å². The molecule has 1 aliphatic heterocycles. The number of aliphatic hydroxyl groups is 2. The fraction of sp³-hybridized carbons (Fsp3) is 0.444. The van der Waals surface area contributed by atoms with E-state index in [2.05, 4.69) is 15.3 Å². The first-order chi connectivity index (χ1) is 18.2. The number of aryl methyl sites for hydroxylation is 1. The van der Waals surface area contributed by atoms with Crippen molar-refractivity contribution in [3.8, 4) is 22.6 Å². The Hall–Kier alpha value is -3.70. The number of hydrogen-bond acceptors (Lipinski definition) is 7. The molecule has 0 spiro atoms. The Balaban J connectivity index is 1.48. The molecule has 2 fully saturated rings. The Morgan fingerprint density at radius 3 is 2.71 bits per heavy atom. The van der Waals surface area contributed by atoms with Crippen LogP contribution in [0.15, 0.2) is 24.4 Å². The number of H-pyrrole nitrogens is 1. The van der Waals surface area contributed by atoms with Crippen molar-refractivity contribution < 1.29 is 33.7 Å². The van der Waals surface area contributed by atoms with Crippen LogP contribution in [-0.2, 0) is 4.79 Å². The molecule has 1 saturated carbocycles. The first kappa shape index (κ1) is 25.9. The highest BCUT2D eigenvalue weighted by atomic mass is 19.1. The quantitative estimate of drug-likeness (QED) is 0.353. The van der Waals surface area contributed by atoms with Gasteiger partial charge in [-0.05, 0) is 44.7 Å². The summed E-state index contributed by atoms with van der Waals surface area (Å²) >= 11 is 0. The number of nitrogens with zero attached hydrogens (tertiary/aromatic N) is 2. The second kappa shape index (κ2) is 10.2. The number of carbonyl (C=O) groups is 2. The minimum absolute atomic E-state index is 0.0139. The summed E-state index contributed by atoms with van der Waals surface area (Å²) in [5.41, 5.74) is 3.08. The van der Waals surface area contributed by atoms with E-state index in [1.165, 1.54) is 25.0 Å². The summed E-state index contributed by atoms with van der Waals surface area (Å²) in [7, 11) is 1.39. The van der Waals surface area contributed by atoms with Crippen molar-refractivity contribution in [1.29, 1.82) is 0 Å². The van der Waals surface area contributed by atoms with E-state index in [0.29, 0.717) is 51.7 Å². The summed E-state index contributed by atoms with van der Waals surface area (Å²) in [6, 6.07) is 3.94. The Kier molecular flexibility index (Phi) is 6.97. The van der Waals surface area contributed by atoms with E-state index in [-0.39, 0.29) is 18.8 Å². The normalized spacial score (nSPS) is 20.0. The number of nitrogens with one attached hydrogen (secondary N) is 2. The van der Waals surface area contributed by atoms with Gasteiger partial charge in [0, 0.05) is 42.2 Å². The standard InChI is InChI=1S/C27H31FN4O6/c1-13-23(26(35)31-19-10-32(11-20(19)34)27(36)14(2)33)25-24(30-13)16(6-7-29-25)17-8-22(37-3)18(28)9-21(17)38-12-15-4-5-15/h6-9,14-15,19-20,30,33-34H,4-5,10-12H2,1-3H3,(H,31,35)/t14-,19+,20+/m0/s1. The van der Waals surface area contributed by atoms with E-state index in [9.17, 15) is 24.2 Å². The molecule has 0 radical (unpaired) electrons. The average Bonchev–Trinajstić information content (AvgIpc) is 3.55. The van der Waals surface area contributed by atoms with Gasteiger partial charge in [0.25, 0.3) is 11.8 Å². The van der Waals surface area contributed by atoms with Crippen LogP contribution in [0.3, 0.4) is 0 Å². The van der Waals surface area contributed by atoms with E-state index in [1.807, 2.05) is 0 Å². The number of halogens is 1. The number of fused-ring (bicyclic) bond motifs is 1. The van der Waals surface area contributed by atoms with Crippen LogP contribution in [0.5, 0.6) is 11.5 Å². The zero-order valence-electron chi connectivity index (χ0n) is 21.5. The molecule has 2 aliphatic rings. The number of aromatic amines is 1. The van der Waals surface area contributed by atoms with Crippen LogP contribution in [0.2, 0.25) is 0 Å². The van der Waals surface area contributed by atoms with Gasteiger partial charge in [-0.15, -0.1) is 0 Å². The number of ether oxygens (including phenoxy) is 2. The van der Waals surface area contributed by atoms with Gasteiger partial charge in [-0.3, -0.25) is 14.6 Å². The van der Waals surface area contributed by atoms with Crippen LogP contribution in [0.25, 0.3) is 22.2 Å². The van der Waals surface area contributed by atoms with Gasteiger partial charge >= 0.3 is 0 Å². The molecule has 202 valence electrons. The van der Waals surface area contributed by atoms with Crippen molar-refractivity contribution in [3.63, 3.8) is 0 Å². The molecule has 1 aromatic carbocycles. The van der Waals surface area contributed by atoms with Gasteiger partial charge in [0.05, 0.1) is 36.9 Å². The average molecular weight is 527 g/mol. The van der Waals surface area contributed by atoms with Crippen molar-refractivity contribution in [2.45, 2.75) is 44.9 Å². The third kappa shape index (κ3) is 4.91. The molecular weight excluding hydrogens is 495 g/mol. The predicted molar refractivity (Wildman–Crippen MR) is 137 cm³/mol. The third-order valence-corrected chi connectivity index (χ3v) is 7.09. The second-order valence-electron chi connectivity index (χ2n) is 10.0. The number of rotatable bonds is 8. The lowest BCUT2D eigenvalue weighted by Crippen LogP contribution is -2.43. The summed E-state index contributed by atoms with van der Waals surface area (Å²) < 4.78 is 25.8. The van der Waals surface area contributed by atoms with Crippen molar-refractivity contribution in [1.82, 2.24) is 20.2 Å².